The molecule has 138 valence electrons. The van der Waals surface area contributed by atoms with Gasteiger partial charge in [0, 0.05) is 11.4 Å². The van der Waals surface area contributed by atoms with E-state index in [4.69, 9.17) is 0 Å². The summed E-state index contributed by atoms with van der Waals surface area (Å²) in [5.74, 6) is 0.202. The van der Waals surface area contributed by atoms with Gasteiger partial charge in [-0.15, -0.1) is 11.3 Å². The van der Waals surface area contributed by atoms with Crippen LogP contribution in [0.15, 0.2) is 48.4 Å². The van der Waals surface area contributed by atoms with Crippen LogP contribution in [0.25, 0.3) is 0 Å². The first-order chi connectivity index (χ1) is 12.4. The van der Waals surface area contributed by atoms with Crippen molar-refractivity contribution in [1.29, 1.82) is 0 Å². The number of nitrogens with two attached hydrogens (primary N) is 1. The molecule has 0 fully saturated rings. The standard InChI is InChI=1S/C22H28N2OS/c1-5-12-23-15-20(25)24-13-10-19-18(11-14-26-19)21(24)16-6-8-17(9-7-16)22(2,3)4/h5-9,11,14,21,23H,1,10,12-13,15H2,2-4H3/p+1/t21-/m0/s1. The quantitative estimate of drug-likeness (QED) is 0.637. The topological polar surface area (TPSA) is 36.9 Å². The molecule has 0 spiro atoms. The first kappa shape index (κ1) is 18.9. The highest BCUT2D eigenvalue weighted by molar-refractivity contribution is 7.10. The van der Waals surface area contributed by atoms with Crippen LogP contribution in [0.4, 0.5) is 0 Å². The molecule has 4 heteroatoms. The van der Waals surface area contributed by atoms with Crippen molar-refractivity contribution in [2.45, 2.75) is 38.6 Å². The third-order valence-electron chi connectivity index (χ3n) is 5.03. The lowest BCUT2D eigenvalue weighted by atomic mass is 9.85. The van der Waals surface area contributed by atoms with Crippen LogP contribution in [0.2, 0.25) is 0 Å². The van der Waals surface area contributed by atoms with Gasteiger partial charge in [-0.2, -0.15) is 0 Å². The van der Waals surface area contributed by atoms with Crippen LogP contribution in [-0.2, 0) is 16.6 Å². The molecule has 3 nitrogen and oxygen atoms in total. The predicted molar refractivity (Wildman–Crippen MR) is 109 cm³/mol. The number of nitrogens with zero attached hydrogens (tertiary/aromatic N) is 1. The van der Waals surface area contributed by atoms with Crippen molar-refractivity contribution in [1.82, 2.24) is 4.90 Å². The van der Waals surface area contributed by atoms with Crippen molar-refractivity contribution in [2.75, 3.05) is 19.6 Å². The van der Waals surface area contributed by atoms with E-state index in [9.17, 15) is 4.79 Å². The van der Waals surface area contributed by atoms with Crippen molar-refractivity contribution in [3.05, 3.63) is 69.9 Å². The van der Waals surface area contributed by atoms with Crippen LogP contribution < -0.4 is 5.32 Å². The molecule has 0 aliphatic carbocycles. The molecule has 0 unspecified atom stereocenters. The number of rotatable bonds is 5. The number of carbonyl (C=O) groups excluding carboxylic acids is 1. The van der Waals surface area contributed by atoms with Crippen LogP contribution in [0.3, 0.4) is 0 Å². The van der Waals surface area contributed by atoms with Gasteiger partial charge in [0.2, 0.25) is 0 Å². The first-order valence-electron chi connectivity index (χ1n) is 9.30. The Hall–Kier alpha value is -1.91. The lowest BCUT2D eigenvalue weighted by Crippen LogP contribution is -2.86. The summed E-state index contributed by atoms with van der Waals surface area (Å²) in [5.41, 5.74) is 3.95. The van der Waals surface area contributed by atoms with E-state index in [2.05, 4.69) is 68.0 Å². The lowest BCUT2D eigenvalue weighted by Gasteiger charge is -2.36. The summed E-state index contributed by atoms with van der Waals surface area (Å²) in [7, 11) is 0. The van der Waals surface area contributed by atoms with Gasteiger partial charge in [0.1, 0.15) is 0 Å². The summed E-state index contributed by atoms with van der Waals surface area (Å²) in [6.07, 6.45) is 2.79. The lowest BCUT2D eigenvalue weighted by molar-refractivity contribution is -0.635. The van der Waals surface area contributed by atoms with E-state index >= 15 is 0 Å². The van der Waals surface area contributed by atoms with Gasteiger partial charge in [-0.1, -0.05) is 51.6 Å². The van der Waals surface area contributed by atoms with E-state index in [1.54, 1.807) is 0 Å². The van der Waals surface area contributed by atoms with Crippen LogP contribution in [-0.4, -0.2) is 30.4 Å². The average Bonchev–Trinajstić information content (AvgIpc) is 3.09. The van der Waals surface area contributed by atoms with E-state index in [1.165, 1.54) is 21.6 Å². The molecule has 0 bridgehead atoms. The van der Waals surface area contributed by atoms with Crippen LogP contribution in [0.1, 0.15) is 48.4 Å². The van der Waals surface area contributed by atoms with E-state index in [0.717, 1.165) is 19.5 Å². The molecule has 1 aromatic heterocycles. The fourth-order valence-corrected chi connectivity index (χ4v) is 4.46. The second-order valence-electron chi connectivity index (χ2n) is 7.93. The van der Waals surface area contributed by atoms with E-state index < -0.39 is 0 Å². The molecule has 0 saturated carbocycles. The second kappa shape index (κ2) is 7.77. The Kier molecular flexibility index (Phi) is 5.64. The fourth-order valence-electron chi connectivity index (χ4n) is 3.55. The van der Waals surface area contributed by atoms with Gasteiger partial charge in [-0.3, -0.25) is 4.79 Å². The molecular formula is C22H29N2OS+. The summed E-state index contributed by atoms with van der Waals surface area (Å²) >= 11 is 1.81. The van der Waals surface area contributed by atoms with Crippen molar-refractivity contribution >= 4 is 17.2 Å². The molecule has 1 aromatic carbocycles. The molecule has 1 aliphatic heterocycles. The molecule has 1 aliphatic rings. The van der Waals surface area contributed by atoms with Gasteiger partial charge in [-0.25, -0.2) is 0 Å². The number of thiophene rings is 1. The van der Waals surface area contributed by atoms with Crippen molar-refractivity contribution in [3.8, 4) is 0 Å². The Morgan fingerprint density at radius 1 is 1.31 bits per heavy atom. The Morgan fingerprint density at radius 2 is 2.04 bits per heavy atom. The highest BCUT2D eigenvalue weighted by Gasteiger charge is 2.33. The van der Waals surface area contributed by atoms with Crippen LogP contribution >= 0.6 is 11.3 Å². The zero-order valence-corrected chi connectivity index (χ0v) is 16.8. The molecule has 1 atom stereocenters. The van der Waals surface area contributed by atoms with Crippen molar-refractivity contribution < 1.29 is 10.1 Å². The molecule has 1 amide bonds. The minimum atomic E-state index is 0.0312. The summed E-state index contributed by atoms with van der Waals surface area (Å²) in [6, 6.07) is 11.0. The Morgan fingerprint density at radius 3 is 2.69 bits per heavy atom. The Labute approximate surface area is 160 Å². The van der Waals surface area contributed by atoms with Crippen molar-refractivity contribution in [2.24, 2.45) is 0 Å². The van der Waals surface area contributed by atoms with Gasteiger partial charge in [0.25, 0.3) is 5.91 Å². The maximum Gasteiger partial charge on any atom is 0.278 e. The Balaban J connectivity index is 1.91. The molecule has 0 radical (unpaired) electrons. The van der Waals surface area contributed by atoms with E-state index in [1.807, 2.05) is 22.7 Å². The van der Waals surface area contributed by atoms with Gasteiger partial charge in [-0.05, 0) is 46.0 Å². The summed E-state index contributed by atoms with van der Waals surface area (Å²) < 4.78 is 0. The number of hydrogen-bond acceptors (Lipinski definition) is 2. The monoisotopic (exact) mass is 369 g/mol. The predicted octanol–water partition coefficient (Wildman–Crippen LogP) is 3.27. The third-order valence-corrected chi connectivity index (χ3v) is 6.03. The second-order valence-corrected chi connectivity index (χ2v) is 8.93. The molecule has 2 heterocycles. The molecule has 3 rings (SSSR count). The molecule has 0 saturated heterocycles. The molecule has 2 aromatic rings. The zero-order chi connectivity index (χ0) is 18.7. The highest BCUT2D eigenvalue weighted by Crippen LogP contribution is 2.38. The zero-order valence-electron chi connectivity index (χ0n) is 16.0. The summed E-state index contributed by atoms with van der Waals surface area (Å²) in [4.78, 5) is 16.3. The smallest absolute Gasteiger partial charge is 0.278 e. The number of fused-ring (bicyclic) bond motifs is 1. The first-order valence-corrected chi connectivity index (χ1v) is 10.2. The van der Waals surface area contributed by atoms with Crippen LogP contribution in [0.5, 0.6) is 0 Å². The minimum Gasteiger partial charge on any atom is -0.335 e. The highest BCUT2D eigenvalue weighted by atomic mass is 32.1. The fraction of sp³-hybridized carbons (Fsp3) is 0.409. The molecule has 26 heavy (non-hydrogen) atoms. The number of carbonyl (C=O) groups is 1. The van der Waals surface area contributed by atoms with E-state index in [-0.39, 0.29) is 17.4 Å². The van der Waals surface area contributed by atoms with Gasteiger partial charge < -0.3 is 10.2 Å². The normalized spacial score (nSPS) is 17.0. The summed E-state index contributed by atoms with van der Waals surface area (Å²) in [6.45, 7) is 12.4. The molecule has 2 N–H and O–H groups in total. The van der Waals surface area contributed by atoms with E-state index in [0.29, 0.717) is 6.54 Å². The van der Waals surface area contributed by atoms with Gasteiger partial charge in [0.15, 0.2) is 6.54 Å². The average molecular weight is 370 g/mol. The Bertz CT molecular complexity index is 770. The van der Waals surface area contributed by atoms with Gasteiger partial charge in [0.05, 0.1) is 12.6 Å². The largest absolute Gasteiger partial charge is 0.335 e. The number of benzene rings is 1. The number of hydrogen-bond donors (Lipinski definition) is 1. The number of amides is 1. The van der Waals surface area contributed by atoms with Gasteiger partial charge >= 0.3 is 0 Å². The molecular weight excluding hydrogens is 340 g/mol. The maximum atomic E-state index is 12.9. The van der Waals surface area contributed by atoms with Crippen molar-refractivity contribution in [3.63, 3.8) is 0 Å². The maximum absolute atomic E-state index is 12.9. The SMILES string of the molecule is C=CC[NH2+]CC(=O)N1CCc2sccc2[C@@H]1c1ccc(C(C)(C)C)cc1. The minimum absolute atomic E-state index is 0.0312. The number of quaternary nitrogens is 1. The third kappa shape index (κ3) is 3.92. The van der Waals surface area contributed by atoms with Crippen LogP contribution in [0, 0.1) is 0 Å². The summed E-state index contributed by atoms with van der Waals surface area (Å²) in [5, 5.41) is 4.16.